The molecule has 0 radical (unpaired) electrons. The fourth-order valence-electron chi connectivity index (χ4n) is 14.5. The van der Waals surface area contributed by atoms with E-state index in [4.69, 9.17) is 27.3 Å². The molecule has 0 heterocycles. The van der Waals surface area contributed by atoms with Crippen molar-refractivity contribution in [1.82, 2.24) is 4.90 Å². The number of unbranched alkanes of at least 4 members (excludes halogenated alkanes) is 6. The van der Waals surface area contributed by atoms with Crippen LogP contribution in [-0.2, 0) is 54.2 Å². The van der Waals surface area contributed by atoms with Crippen LogP contribution in [0.4, 0.5) is 4.79 Å². The average Bonchev–Trinajstić information content (AvgIpc) is 4.01. The summed E-state index contributed by atoms with van der Waals surface area (Å²) in [6, 6.07) is 23.4. The molecular formula is C64H97NO11S2. The molecule has 14 heteroatoms. The molecule has 7 rings (SSSR count). The van der Waals surface area contributed by atoms with Crippen LogP contribution in [0.3, 0.4) is 0 Å². The van der Waals surface area contributed by atoms with Crippen LogP contribution in [0.15, 0.2) is 88.7 Å². The van der Waals surface area contributed by atoms with Gasteiger partial charge in [-0.2, -0.15) is 16.8 Å². The number of carbonyl (C=O) groups is 1. The molecular weight excluding hydrogens is 1020 g/mol. The summed E-state index contributed by atoms with van der Waals surface area (Å²) >= 11 is 0. The maximum Gasteiger partial charge on any atom is 0.410 e. The van der Waals surface area contributed by atoms with Crippen LogP contribution < -0.4 is 0 Å². The van der Waals surface area contributed by atoms with E-state index in [1.807, 2.05) is 49.1 Å². The van der Waals surface area contributed by atoms with Crippen LogP contribution in [0.25, 0.3) is 0 Å². The molecule has 0 spiro atoms. The maximum atomic E-state index is 13.7. The number of hydrogen-bond acceptors (Lipinski definition) is 11. The first-order valence-electron chi connectivity index (χ1n) is 30.2. The van der Waals surface area contributed by atoms with Gasteiger partial charge in [-0.1, -0.05) is 139 Å². The zero-order valence-electron chi connectivity index (χ0n) is 48.5. The second-order valence-electron chi connectivity index (χ2n) is 24.2. The summed E-state index contributed by atoms with van der Waals surface area (Å²) in [6.07, 6.45) is 18.9. The Hall–Kier alpha value is -3.37. The van der Waals surface area contributed by atoms with Gasteiger partial charge in [0, 0.05) is 38.3 Å². The van der Waals surface area contributed by atoms with E-state index in [-0.39, 0.29) is 64.8 Å². The second kappa shape index (κ2) is 29.6. The number of fused-ring (bicyclic) bond motifs is 5. The molecule has 3 aromatic rings. The topological polar surface area (TPSA) is 144 Å². The number of nitrogens with zero attached hydrogens (tertiary/aromatic N) is 1. The molecule has 3 unspecified atom stereocenters. The van der Waals surface area contributed by atoms with Crippen molar-refractivity contribution in [2.75, 3.05) is 46.1 Å². The molecule has 0 aromatic heterocycles. The summed E-state index contributed by atoms with van der Waals surface area (Å²) in [7, 11) is -7.75. The summed E-state index contributed by atoms with van der Waals surface area (Å²) in [6.45, 7) is 19.2. The van der Waals surface area contributed by atoms with Crippen molar-refractivity contribution in [3.63, 3.8) is 0 Å². The number of carbonyl (C=O) groups excluding carboxylic acids is 1. The number of hydrogen-bond donors (Lipinski definition) is 0. The summed E-state index contributed by atoms with van der Waals surface area (Å²) in [4.78, 5) is 16.0. The van der Waals surface area contributed by atoms with Gasteiger partial charge in [0.2, 0.25) is 0 Å². The lowest BCUT2D eigenvalue weighted by Crippen LogP contribution is -2.63. The quantitative estimate of drug-likeness (QED) is 0.0435. The zero-order chi connectivity index (χ0) is 55.8. The number of ether oxygens (including phenoxy) is 4. The van der Waals surface area contributed by atoms with Crippen molar-refractivity contribution < 1.29 is 48.9 Å². The Bertz CT molecular complexity index is 2490. The Morgan fingerprint density at radius 2 is 1.22 bits per heavy atom. The largest absolute Gasteiger partial charge is 0.445 e. The highest BCUT2D eigenvalue weighted by atomic mass is 32.2. The van der Waals surface area contributed by atoms with Gasteiger partial charge >= 0.3 is 6.09 Å². The van der Waals surface area contributed by atoms with Crippen LogP contribution in [0, 0.1) is 60.2 Å². The lowest BCUT2D eigenvalue weighted by molar-refractivity contribution is -0.228. The van der Waals surface area contributed by atoms with E-state index in [1.54, 1.807) is 48.5 Å². The molecule has 4 aliphatic rings. The van der Waals surface area contributed by atoms with E-state index >= 15 is 0 Å². The van der Waals surface area contributed by atoms with Crippen LogP contribution in [-0.4, -0.2) is 92.3 Å². The van der Waals surface area contributed by atoms with Crippen molar-refractivity contribution in [2.24, 2.45) is 46.3 Å². The molecule has 4 fully saturated rings. The van der Waals surface area contributed by atoms with Gasteiger partial charge in [-0.3, -0.25) is 8.37 Å². The van der Waals surface area contributed by atoms with E-state index in [2.05, 4.69) is 34.6 Å². The first kappa shape index (κ1) is 62.2. The number of amides is 1. The predicted molar refractivity (Wildman–Crippen MR) is 308 cm³/mol. The zero-order valence-corrected chi connectivity index (χ0v) is 50.2. The number of benzene rings is 3. The van der Waals surface area contributed by atoms with Crippen LogP contribution in [0.5, 0.6) is 0 Å². The van der Waals surface area contributed by atoms with Gasteiger partial charge < -0.3 is 23.8 Å². The lowest BCUT2D eigenvalue weighted by atomic mass is 9.43. The first-order valence-corrected chi connectivity index (χ1v) is 33.0. The number of aryl methyl sites for hydroxylation is 2. The molecule has 0 N–H and O–H groups in total. The fraction of sp³-hybridized carbons (Fsp3) is 0.703. The molecule has 0 saturated heterocycles. The molecule has 0 aliphatic heterocycles. The van der Waals surface area contributed by atoms with Crippen molar-refractivity contribution in [2.45, 2.75) is 205 Å². The minimum atomic E-state index is -3.90. The standard InChI is InChI=1S/C64H97NO11S2/c1-8-10-12-13-14-18-37-65(62(66)74-47-51-23-16-15-17-24-51)38-19-22-50(5)56-33-34-57-61-58(46-60(64(56,57)7)73-39-11-9-2)63(6)36-35-53(71-40-20-42-75-77(67,68)54-29-25-48(3)26-30-54)44-52(63)45-59(61)72-41-21-43-76-78(69,70)55-31-27-49(4)28-32-55/h15-17,23-32,50,52-53,56-61H,8-14,18-22,33-47H2,1-7H3/t50?,52?,53-,56-,57+,58+,59-,60+,61?,63+,64-/m1/s1. The van der Waals surface area contributed by atoms with Crippen LogP contribution >= 0.6 is 0 Å². The van der Waals surface area contributed by atoms with Gasteiger partial charge in [-0.15, -0.1) is 0 Å². The highest BCUT2D eigenvalue weighted by Gasteiger charge is 2.66. The van der Waals surface area contributed by atoms with Crippen molar-refractivity contribution >= 4 is 26.3 Å². The third-order valence-corrected chi connectivity index (χ3v) is 21.6. The molecule has 11 atom stereocenters. The summed E-state index contributed by atoms with van der Waals surface area (Å²) in [5, 5.41) is 0. The summed E-state index contributed by atoms with van der Waals surface area (Å²) in [5.41, 5.74) is 2.93. The molecule has 436 valence electrons. The molecule has 3 aromatic carbocycles. The third-order valence-electron chi connectivity index (χ3n) is 19.0. The van der Waals surface area contributed by atoms with Crippen molar-refractivity contribution in [3.8, 4) is 0 Å². The molecule has 12 nitrogen and oxygen atoms in total. The van der Waals surface area contributed by atoms with Crippen molar-refractivity contribution in [3.05, 3.63) is 95.6 Å². The Balaban J connectivity index is 1.04. The Morgan fingerprint density at radius 1 is 0.628 bits per heavy atom. The summed E-state index contributed by atoms with van der Waals surface area (Å²) in [5.74, 6) is 2.28. The Kier molecular flexibility index (Phi) is 23.6. The van der Waals surface area contributed by atoms with Gasteiger partial charge in [-0.25, -0.2) is 4.79 Å². The van der Waals surface area contributed by atoms with Gasteiger partial charge in [0.1, 0.15) is 6.61 Å². The molecule has 0 bridgehead atoms. The van der Waals surface area contributed by atoms with E-state index < -0.39 is 20.2 Å². The fourth-order valence-corrected chi connectivity index (χ4v) is 16.4. The minimum Gasteiger partial charge on any atom is -0.445 e. The molecule has 78 heavy (non-hydrogen) atoms. The highest BCUT2D eigenvalue weighted by Crippen LogP contribution is 2.69. The Labute approximate surface area is 471 Å². The molecule has 1 amide bonds. The molecule has 4 aliphatic carbocycles. The normalized spacial score (nSPS) is 27.4. The van der Waals surface area contributed by atoms with Crippen LogP contribution in [0.2, 0.25) is 0 Å². The summed E-state index contributed by atoms with van der Waals surface area (Å²) < 4.78 is 89.9. The van der Waals surface area contributed by atoms with Gasteiger partial charge in [0.15, 0.2) is 0 Å². The second-order valence-corrected chi connectivity index (χ2v) is 27.4. The number of rotatable bonds is 32. The van der Waals surface area contributed by atoms with E-state index in [0.29, 0.717) is 74.7 Å². The predicted octanol–water partition coefficient (Wildman–Crippen LogP) is 14.4. The SMILES string of the molecule is CCCCCCCCN(CCCC(C)[C@H]1CC[C@H]2C3[C@H](OCCCOS(=O)(=O)c4ccc(C)cc4)CC4C[C@H](OCCCOS(=O)(=O)c5ccc(C)cc5)CC[C@]4(C)[C@H]3C[C@H](OCCCC)[C@]12C)C(=O)OCc1ccccc1. The maximum absolute atomic E-state index is 13.7. The smallest absolute Gasteiger partial charge is 0.410 e. The van der Waals surface area contributed by atoms with Gasteiger partial charge in [0.25, 0.3) is 20.2 Å². The van der Waals surface area contributed by atoms with Gasteiger partial charge in [-0.05, 0) is 168 Å². The highest BCUT2D eigenvalue weighted by molar-refractivity contribution is 7.87. The van der Waals surface area contributed by atoms with Gasteiger partial charge in [0.05, 0.1) is 41.3 Å². The average molecular weight is 1120 g/mol. The monoisotopic (exact) mass is 1120 g/mol. The lowest BCUT2D eigenvalue weighted by Gasteiger charge is -2.65. The molecule has 4 saturated carbocycles. The minimum absolute atomic E-state index is 0.0201. The van der Waals surface area contributed by atoms with E-state index in [1.165, 1.54) is 25.7 Å². The van der Waals surface area contributed by atoms with E-state index in [0.717, 1.165) is 107 Å². The third kappa shape index (κ3) is 16.2. The first-order chi connectivity index (χ1) is 37.5. The van der Waals surface area contributed by atoms with Crippen LogP contribution in [0.1, 0.15) is 173 Å². The van der Waals surface area contributed by atoms with Crippen molar-refractivity contribution in [1.29, 1.82) is 0 Å². The van der Waals surface area contributed by atoms with E-state index in [9.17, 15) is 21.6 Å². The Morgan fingerprint density at radius 3 is 1.86 bits per heavy atom.